The van der Waals surface area contributed by atoms with E-state index in [2.05, 4.69) is 54.2 Å². The molecule has 2 heterocycles. The molecule has 0 aliphatic heterocycles. The second-order valence-corrected chi connectivity index (χ2v) is 7.69. The Bertz CT molecular complexity index is 461. The Hall–Kier alpha value is -0.640. The molecule has 0 spiro atoms. The molecule has 0 amide bonds. The van der Waals surface area contributed by atoms with E-state index in [0.29, 0.717) is 6.04 Å². The van der Waals surface area contributed by atoms with Crippen molar-refractivity contribution in [3.63, 3.8) is 0 Å². The molecule has 0 aromatic carbocycles. The molecule has 0 bridgehead atoms. The Morgan fingerprint density at radius 2 is 1.90 bits per heavy atom. The lowest BCUT2D eigenvalue weighted by molar-refractivity contribution is 0.391. The van der Waals surface area contributed by atoms with Gasteiger partial charge in [-0.05, 0) is 41.8 Å². The summed E-state index contributed by atoms with van der Waals surface area (Å²) in [6, 6.07) is 9.31. The smallest absolute Gasteiger partial charge is 0.0463 e. The molecule has 1 N–H and O–H groups in total. The molecule has 2 rings (SSSR count). The summed E-state index contributed by atoms with van der Waals surface area (Å²) in [4.78, 5) is 2.94. The van der Waals surface area contributed by atoms with Crippen LogP contribution in [0.2, 0.25) is 0 Å². The number of unbranched alkanes of at least 4 members (excludes halogenated alkanes) is 1. The number of thiophene rings is 2. The topological polar surface area (TPSA) is 12.0 Å². The Balaban J connectivity index is 1.92. The van der Waals surface area contributed by atoms with Gasteiger partial charge in [-0.15, -0.1) is 22.7 Å². The van der Waals surface area contributed by atoms with Gasteiger partial charge >= 0.3 is 0 Å². The van der Waals surface area contributed by atoms with Gasteiger partial charge < -0.3 is 5.32 Å². The predicted molar refractivity (Wildman–Crippen MR) is 96.4 cm³/mol. The fourth-order valence-corrected chi connectivity index (χ4v) is 4.20. The average Bonchev–Trinajstić information content (AvgIpc) is 3.19. The second-order valence-electron chi connectivity index (χ2n) is 5.68. The zero-order chi connectivity index (χ0) is 14.9. The van der Waals surface area contributed by atoms with E-state index in [0.717, 1.165) is 18.9 Å². The van der Waals surface area contributed by atoms with E-state index in [1.807, 2.05) is 22.7 Å². The summed E-state index contributed by atoms with van der Waals surface area (Å²) in [6.07, 6.45) is 6.41. The lowest BCUT2D eigenvalue weighted by Crippen LogP contribution is -2.28. The highest BCUT2D eigenvalue weighted by molar-refractivity contribution is 7.10. The van der Waals surface area contributed by atoms with E-state index in [1.54, 1.807) is 0 Å². The van der Waals surface area contributed by atoms with Crippen LogP contribution in [0.4, 0.5) is 0 Å². The highest BCUT2D eigenvalue weighted by Crippen LogP contribution is 2.25. The molecule has 2 aromatic rings. The van der Waals surface area contributed by atoms with Crippen molar-refractivity contribution in [2.75, 3.05) is 6.54 Å². The maximum atomic E-state index is 3.84. The summed E-state index contributed by atoms with van der Waals surface area (Å²) in [5.41, 5.74) is 0. The van der Waals surface area contributed by atoms with E-state index in [9.17, 15) is 0 Å². The van der Waals surface area contributed by atoms with Gasteiger partial charge in [0.2, 0.25) is 0 Å². The molecule has 2 aromatic heterocycles. The van der Waals surface area contributed by atoms with E-state index in [-0.39, 0.29) is 0 Å². The van der Waals surface area contributed by atoms with Gasteiger partial charge in [-0.1, -0.05) is 45.2 Å². The first-order chi connectivity index (χ1) is 10.3. The van der Waals surface area contributed by atoms with Gasteiger partial charge in [0.15, 0.2) is 0 Å². The average molecular weight is 322 g/mol. The largest absolute Gasteiger partial charge is 0.309 e. The van der Waals surface area contributed by atoms with Gasteiger partial charge in [-0.2, -0.15) is 0 Å². The lowest BCUT2D eigenvalue weighted by Gasteiger charge is -2.21. The molecular weight excluding hydrogens is 294 g/mol. The maximum absolute atomic E-state index is 3.84. The van der Waals surface area contributed by atoms with E-state index in [1.165, 1.54) is 35.4 Å². The summed E-state index contributed by atoms with van der Waals surface area (Å²) >= 11 is 3.74. The molecule has 2 atom stereocenters. The van der Waals surface area contributed by atoms with Crippen LogP contribution in [0.15, 0.2) is 35.0 Å². The highest BCUT2D eigenvalue weighted by Gasteiger charge is 2.15. The zero-order valence-electron chi connectivity index (χ0n) is 13.2. The van der Waals surface area contributed by atoms with Crippen LogP contribution in [0.25, 0.3) is 0 Å². The monoisotopic (exact) mass is 321 g/mol. The first-order valence-corrected chi connectivity index (χ1v) is 9.88. The molecule has 0 fully saturated rings. The van der Waals surface area contributed by atoms with Crippen LogP contribution in [0.3, 0.4) is 0 Å². The van der Waals surface area contributed by atoms with Crippen molar-refractivity contribution in [3.05, 3.63) is 44.8 Å². The SMILES string of the molecule is CCCCC(CC)CNC(Cc1cccs1)c1cccs1. The van der Waals surface area contributed by atoms with E-state index in [4.69, 9.17) is 0 Å². The van der Waals surface area contributed by atoms with E-state index >= 15 is 0 Å². The number of rotatable bonds is 10. The van der Waals surface area contributed by atoms with E-state index < -0.39 is 0 Å². The molecule has 3 heteroatoms. The maximum Gasteiger partial charge on any atom is 0.0463 e. The predicted octanol–water partition coefficient (Wildman–Crippen LogP) is 5.90. The number of hydrogen-bond acceptors (Lipinski definition) is 3. The minimum Gasteiger partial charge on any atom is -0.309 e. The van der Waals surface area contributed by atoms with Crippen molar-refractivity contribution in [2.24, 2.45) is 5.92 Å². The molecular formula is C18H27NS2. The summed E-state index contributed by atoms with van der Waals surface area (Å²) in [6.45, 7) is 5.75. The molecule has 0 aliphatic rings. The Morgan fingerprint density at radius 3 is 2.52 bits per heavy atom. The molecule has 1 nitrogen and oxygen atoms in total. The minimum atomic E-state index is 0.472. The third kappa shape index (κ3) is 5.57. The van der Waals surface area contributed by atoms with Crippen molar-refractivity contribution in [1.29, 1.82) is 0 Å². The van der Waals surface area contributed by atoms with Gasteiger partial charge in [-0.3, -0.25) is 0 Å². The molecule has 0 aliphatic carbocycles. The normalized spacial score (nSPS) is 14.2. The van der Waals surface area contributed by atoms with Gasteiger partial charge in [0.1, 0.15) is 0 Å². The van der Waals surface area contributed by atoms with Crippen molar-refractivity contribution in [1.82, 2.24) is 5.32 Å². The summed E-state index contributed by atoms with van der Waals surface area (Å²) in [5.74, 6) is 0.816. The van der Waals surface area contributed by atoms with Crippen LogP contribution < -0.4 is 5.32 Å². The third-order valence-corrected chi connectivity index (χ3v) is 5.95. The first-order valence-electron chi connectivity index (χ1n) is 8.12. The molecule has 0 saturated heterocycles. The lowest BCUT2D eigenvalue weighted by atomic mass is 9.98. The molecule has 0 saturated carbocycles. The summed E-state index contributed by atoms with van der Waals surface area (Å²) in [5, 5.41) is 8.20. The fraction of sp³-hybridized carbons (Fsp3) is 0.556. The van der Waals surface area contributed by atoms with Crippen molar-refractivity contribution < 1.29 is 0 Å². The highest BCUT2D eigenvalue weighted by atomic mass is 32.1. The Kier molecular flexibility index (Phi) is 7.48. The van der Waals surface area contributed by atoms with Crippen molar-refractivity contribution in [3.8, 4) is 0 Å². The number of hydrogen-bond donors (Lipinski definition) is 1. The third-order valence-electron chi connectivity index (χ3n) is 4.07. The van der Waals surface area contributed by atoms with Crippen LogP contribution in [0.5, 0.6) is 0 Å². The molecule has 21 heavy (non-hydrogen) atoms. The first kappa shape index (κ1) is 16.7. The van der Waals surface area contributed by atoms with Gasteiger partial charge in [0.25, 0.3) is 0 Å². The Morgan fingerprint density at radius 1 is 1.10 bits per heavy atom. The van der Waals surface area contributed by atoms with Crippen molar-refractivity contribution >= 4 is 22.7 Å². The van der Waals surface area contributed by atoms with Crippen LogP contribution >= 0.6 is 22.7 Å². The van der Waals surface area contributed by atoms with Crippen LogP contribution in [-0.2, 0) is 6.42 Å². The second kappa shape index (κ2) is 9.39. The molecule has 116 valence electrons. The number of nitrogens with one attached hydrogen (secondary N) is 1. The van der Waals surface area contributed by atoms with Crippen LogP contribution in [0, 0.1) is 5.92 Å². The van der Waals surface area contributed by atoms with Crippen LogP contribution in [0.1, 0.15) is 55.3 Å². The van der Waals surface area contributed by atoms with Crippen molar-refractivity contribution in [2.45, 2.75) is 52.0 Å². The molecule has 0 radical (unpaired) electrons. The minimum absolute atomic E-state index is 0.472. The zero-order valence-corrected chi connectivity index (χ0v) is 14.8. The molecule has 2 unspecified atom stereocenters. The quantitative estimate of drug-likeness (QED) is 0.574. The standard InChI is InChI=1S/C18H27NS2/c1-3-5-8-15(4-2)14-19-17(18-10-7-12-21-18)13-16-9-6-11-20-16/h6-7,9-12,15,17,19H,3-5,8,13-14H2,1-2H3. The van der Waals surface area contributed by atoms with Gasteiger partial charge in [-0.25, -0.2) is 0 Å². The van der Waals surface area contributed by atoms with Gasteiger partial charge in [0.05, 0.1) is 0 Å². The summed E-state index contributed by atoms with van der Waals surface area (Å²) in [7, 11) is 0. The summed E-state index contributed by atoms with van der Waals surface area (Å²) < 4.78 is 0. The fourth-order valence-electron chi connectivity index (χ4n) is 2.65. The van der Waals surface area contributed by atoms with Gasteiger partial charge in [0, 0.05) is 22.2 Å². The Labute approximate surface area is 137 Å². The van der Waals surface area contributed by atoms with Crippen LogP contribution in [-0.4, -0.2) is 6.54 Å².